The number of nitrogens with zero attached hydrogens (tertiary/aromatic N) is 3. The minimum Gasteiger partial charge on any atom is -0.345 e. The molecule has 0 aliphatic heterocycles. The Kier molecular flexibility index (Phi) is 3.17. The van der Waals surface area contributed by atoms with Gasteiger partial charge in [0.05, 0.1) is 29.1 Å². The highest BCUT2D eigenvalue weighted by molar-refractivity contribution is 7.80. The smallest absolute Gasteiger partial charge is 0.175 e. The van der Waals surface area contributed by atoms with E-state index >= 15 is 0 Å². The summed E-state index contributed by atoms with van der Waals surface area (Å²) in [5.74, 6) is 0. The first kappa shape index (κ1) is 13.1. The molecule has 0 saturated carbocycles. The number of hydrogen-bond acceptors (Lipinski definition) is 5. The molecule has 22 heavy (non-hydrogen) atoms. The number of benzene rings is 2. The lowest BCUT2D eigenvalue weighted by Gasteiger charge is -2.10. The number of rotatable bonds is 2. The second kappa shape index (κ2) is 5.32. The van der Waals surface area contributed by atoms with Crippen LogP contribution in [0.5, 0.6) is 0 Å². The number of aromatic amines is 1. The largest absolute Gasteiger partial charge is 0.345 e. The van der Waals surface area contributed by atoms with Crippen molar-refractivity contribution in [3.8, 4) is 0 Å². The minimum atomic E-state index is 0.512. The third-order valence-corrected chi connectivity index (χ3v) is 3.95. The fourth-order valence-corrected chi connectivity index (χ4v) is 2.92. The average molecular weight is 326 g/mol. The fourth-order valence-electron chi connectivity index (χ4n) is 2.16. The fraction of sp³-hybridized carbons (Fsp3) is 0. The van der Waals surface area contributed by atoms with Crippen molar-refractivity contribution in [3.63, 3.8) is 0 Å². The van der Waals surface area contributed by atoms with Gasteiger partial charge < -0.3 is 15.6 Å². The molecule has 0 atom stereocenters. The molecule has 4 rings (SSSR count). The summed E-state index contributed by atoms with van der Waals surface area (Å²) in [6.07, 6.45) is 1.67. The second-order valence-electron chi connectivity index (χ2n) is 4.68. The van der Waals surface area contributed by atoms with Crippen LogP contribution in [-0.4, -0.2) is 23.8 Å². The number of nitrogens with one attached hydrogen (secondary N) is 3. The average Bonchev–Trinajstić information content (AvgIpc) is 3.14. The van der Waals surface area contributed by atoms with Gasteiger partial charge in [0.25, 0.3) is 0 Å². The molecule has 0 bridgehead atoms. The lowest BCUT2D eigenvalue weighted by Crippen LogP contribution is -2.18. The predicted molar refractivity (Wildman–Crippen MR) is 93.4 cm³/mol. The van der Waals surface area contributed by atoms with Gasteiger partial charge in [0, 0.05) is 11.4 Å². The molecular formula is C14H10N6S2. The molecule has 0 aliphatic carbocycles. The number of fused-ring (bicyclic) bond motifs is 2. The van der Waals surface area contributed by atoms with Crippen LogP contribution in [0.3, 0.4) is 0 Å². The van der Waals surface area contributed by atoms with Crippen LogP contribution in [0.25, 0.3) is 22.1 Å². The number of H-pyrrole nitrogens is 1. The molecule has 0 unspecified atom stereocenters. The van der Waals surface area contributed by atoms with Crippen molar-refractivity contribution in [1.82, 2.24) is 18.7 Å². The van der Waals surface area contributed by atoms with Gasteiger partial charge in [-0.2, -0.15) is 8.75 Å². The molecule has 0 fully saturated rings. The van der Waals surface area contributed by atoms with E-state index in [0.717, 1.165) is 33.4 Å². The van der Waals surface area contributed by atoms with Crippen molar-refractivity contribution in [1.29, 1.82) is 0 Å². The molecule has 0 radical (unpaired) electrons. The van der Waals surface area contributed by atoms with Gasteiger partial charge in [0.15, 0.2) is 5.11 Å². The summed E-state index contributed by atoms with van der Waals surface area (Å²) >= 11 is 6.54. The summed E-state index contributed by atoms with van der Waals surface area (Å²) in [4.78, 5) is 7.28. The minimum absolute atomic E-state index is 0.512. The highest BCUT2D eigenvalue weighted by atomic mass is 32.1. The summed E-state index contributed by atoms with van der Waals surface area (Å²) < 4.78 is 8.39. The molecule has 0 aliphatic rings. The number of hydrogen-bond donors (Lipinski definition) is 3. The van der Waals surface area contributed by atoms with Gasteiger partial charge in [-0.1, -0.05) is 0 Å². The third kappa shape index (κ3) is 2.49. The number of imidazole rings is 1. The topological polar surface area (TPSA) is 78.5 Å². The molecule has 8 heteroatoms. The van der Waals surface area contributed by atoms with Gasteiger partial charge in [-0.05, 0) is 48.6 Å². The standard InChI is InChI=1S/C14H10N6S2/c21-14(17-8-1-3-10-12(5-8)16-7-15-10)18-9-2-4-11-13(6-9)20-22-19-11/h1-7H,(H,15,16)(H2,17,18,21). The molecule has 0 saturated heterocycles. The van der Waals surface area contributed by atoms with E-state index in [4.69, 9.17) is 12.2 Å². The van der Waals surface area contributed by atoms with Crippen LogP contribution < -0.4 is 10.6 Å². The van der Waals surface area contributed by atoms with Crippen molar-refractivity contribution in [2.24, 2.45) is 0 Å². The van der Waals surface area contributed by atoms with E-state index < -0.39 is 0 Å². The Hall–Kier alpha value is -2.58. The molecule has 4 aromatic rings. The zero-order valence-electron chi connectivity index (χ0n) is 11.2. The zero-order valence-corrected chi connectivity index (χ0v) is 12.8. The quantitative estimate of drug-likeness (QED) is 0.490. The van der Waals surface area contributed by atoms with Crippen LogP contribution in [0.1, 0.15) is 0 Å². The van der Waals surface area contributed by atoms with E-state index in [2.05, 4.69) is 29.3 Å². The van der Waals surface area contributed by atoms with Crippen LogP contribution in [0.4, 0.5) is 11.4 Å². The highest BCUT2D eigenvalue weighted by Crippen LogP contribution is 2.19. The SMILES string of the molecule is S=C(Nc1ccc2nsnc2c1)Nc1ccc2[nH]cnc2c1. The van der Waals surface area contributed by atoms with Crippen molar-refractivity contribution >= 4 is 62.5 Å². The molecule has 0 spiro atoms. The van der Waals surface area contributed by atoms with Gasteiger partial charge in [-0.3, -0.25) is 0 Å². The Morgan fingerprint density at radius 2 is 1.68 bits per heavy atom. The van der Waals surface area contributed by atoms with Crippen LogP contribution >= 0.6 is 23.9 Å². The van der Waals surface area contributed by atoms with Gasteiger partial charge >= 0.3 is 0 Å². The second-order valence-corrected chi connectivity index (χ2v) is 5.62. The maximum absolute atomic E-state index is 5.34. The van der Waals surface area contributed by atoms with Crippen molar-refractivity contribution in [2.75, 3.05) is 10.6 Å². The van der Waals surface area contributed by atoms with Crippen molar-refractivity contribution < 1.29 is 0 Å². The van der Waals surface area contributed by atoms with Gasteiger partial charge in [0.2, 0.25) is 0 Å². The molecule has 2 heterocycles. The molecular weight excluding hydrogens is 316 g/mol. The number of anilines is 2. The normalized spacial score (nSPS) is 10.9. The van der Waals surface area contributed by atoms with Crippen LogP contribution in [0.2, 0.25) is 0 Å². The van der Waals surface area contributed by atoms with Gasteiger partial charge in [0.1, 0.15) is 11.0 Å². The maximum Gasteiger partial charge on any atom is 0.175 e. The van der Waals surface area contributed by atoms with Crippen LogP contribution in [0, 0.1) is 0 Å². The first-order valence-electron chi connectivity index (χ1n) is 6.51. The molecule has 2 aromatic carbocycles. The molecule has 3 N–H and O–H groups in total. The Morgan fingerprint density at radius 3 is 2.55 bits per heavy atom. The first-order chi connectivity index (χ1) is 10.8. The van der Waals surface area contributed by atoms with Crippen LogP contribution in [-0.2, 0) is 0 Å². The lowest BCUT2D eigenvalue weighted by atomic mass is 10.2. The Labute approximate surface area is 134 Å². The summed E-state index contributed by atoms with van der Waals surface area (Å²) in [6, 6.07) is 11.6. The Morgan fingerprint density at radius 1 is 0.955 bits per heavy atom. The van der Waals surface area contributed by atoms with E-state index in [0.29, 0.717) is 5.11 Å². The Balaban J connectivity index is 1.51. The highest BCUT2D eigenvalue weighted by Gasteiger charge is 2.04. The summed E-state index contributed by atoms with van der Waals surface area (Å²) in [5.41, 5.74) is 5.38. The summed E-state index contributed by atoms with van der Waals surface area (Å²) in [7, 11) is 0. The predicted octanol–water partition coefficient (Wildman–Crippen LogP) is 3.38. The molecule has 6 nitrogen and oxygen atoms in total. The van der Waals surface area contributed by atoms with E-state index in [1.165, 1.54) is 11.7 Å². The zero-order chi connectivity index (χ0) is 14.9. The maximum atomic E-state index is 5.34. The number of thiocarbonyl (C=S) groups is 1. The van der Waals surface area contributed by atoms with E-state index in [1.54, 1.807) is 6.33 Å². The lowest BCUT2D eigenvalue weighted by molar-refractivity contribution is 1.34. The summed E-state index contributed by atoms with van der Waals surface area (Å²) in [6.45, 7) is 0. The Bertz CT molecular complexity index is 895. The van der Waals surface area contributed by atoms with Crippen molar-refractivity contribution in [3.05, 3.63) is 42.7 Å². The molecule has 2 aromatic heterocycles. The number of aromatic nitrogens is 4. The van der Waals surface area contributed by atoms with Gasteiger partial charge in [-0.15, -0.1) is 0 Å². The first-order valence-corrected chi connectivity index (χ1v) is 7.65. The van der Waals surface area contributed by atoms with E-state index in [9.17, 15) is 0 Å². The van der Waals surface area contributed by atoms with Crippen LogP contribution in [0.15, 0.2) is 42.7 Å². The van der Waals surface area contributed by atoms with E-state index in [1.807, 2.05) is 36.4 Å². The monoisotopic (exact) mass is 326 g/mol. The summed E-state index contributed by atoms with van der Waals surface area (Å²) in [5, 5.41) is 6.80. The van der Waals surface area contributed by atoms with E-state index in [-0.39, 0.29) is 0 Å². The molecule has 0 amide bonds. The van der Waals surface area contributed by atoms with Gasteiger partial charge in [-0.25, -0.2) is 4.98 Å². The molecule has 108 valence electrons. The third-order valence-electron chi connectivity index (χ3n) is 3.19. The van der Waals surface area contributed by atoms with Crippen molar-refractivity contribution in [2.45, 2.75) is 0 Å².